The molecule has 0 spiro atoms. The van der Waals surface area contributed by atoms with E-state index in [1.54, 1.807) is 37.3 Å². The van der Waals surface area contributed by atoms with Crippen molar-refractivity contribution in [2.75, 3.05) is 13.2 Å². The number of hydrazine groups is 1. The minimum atomic E-state index is -0.377. The van der Waals surface area contributed by atoms with Crippen molar-refractivity contribution < 1.29 is 14.3 Å². The molecule has 0 aliphatic carbocycles. The van der Waals surface area contributed by atoms with Crippen LogP contribution in [0.15, 0.2) is 30.3 Å². The molecule has 0 fully saturated rings. The third kappa shape index (κ3) is 5.94. The smallest absolute Gasteiger partial charge is 0.264 e. The van der Waals surface area contributed by atoms with Gasteiger partial charge < -0.3 is 4.74 Å². The largest absolute Gasteiger partial charge is 0.372 e. The zero-order valence-electron chi connectivity index (χ0n) is 10.4. The Kier molecular flexibility index (Phi) is 6.48. The van der Waals surface area contributed by atoms with Crippen molar-refractivity contribution in [3.63, 3.8) is 0 Å². The number of amides is 2. The summed E-state index contributed by atoms with van der Waals surface area (Å²) in [7, 11) is 0. The van der Waals surface area contributed by atoms with Crippen LogP contribution in [0.2, 0.25) is 0 Å². The summed E-state index contributed by atoms with van der Waals surface area (Å²) in [6, 6.07) is 8.61. The van der Waals surface area contributed by atoms with Crippen molar-refractivity contribution in [2.24, 2.45) is 0 Å². The Balaban J connectivity index is 2.32. The number of rotatable bonds is 4. The number of carbonyl (C=O) groups excluding carboxylic acids is 2. The van der Waals surface area contributed by atoms with Crippen LogP contribution in [0.1, 0.15) is 17.3 Å². The topological polar surface area (TPSA) is 79.5 Å². The van der Waals surface area contributed by atoms with Crippen LogP contribution in [-0.4, -0.2) is 30.1 Å². The first-order valence-corrected chi connectivity index (χ1v) is 6.07. The minimum absolute atomic E-state index is 0.0127. The number of carbonyl (C=O) groups is 2. The van der Waals surface area contributed by atoms with E-state index in [-0.39, 0.29) is 23.5 Å². The Hall–Kier alpha value is -1.99. The van der Waals surface area contributed by atoms with Crippen LogP contribution >= 0.6 is 12.2 Å². The molecule has 3 N–H and O–H groups in total. The quantitative estimate of drug-likeness (QED) is 0.548. The fourth-order valence-electron chi connectivity index (χ4n) is 1.15. The minimum Gasteiger partial charge on any atom is -0.372 e. The second-order valence-electron chi connectivity index (χ2n) is 3.46. The van der Waals surface area contributed by atoms with Crippen molar-refractivity contribution in [3.05, 3.63) is 35.9 Å². The van der Waals surface area contributed by atoms with Gasteiger partial charge in [-0.2, -0.15) is 0 Å². The van der Waals surface area contributed by atoms with Crippen molar-refractivity contribution in [1.82, 2.24) is 16.2 Å². The Bertz CT molecular complexity index is 451. The number of thiocarbonyl (C=S) groups is 1. The van der Waals surface area contributed by atoms with Crippen molar-refractivity contribution >= 4 is 29.1 Å². The molecule has 102 valence electrons. The van der Waals surface area contributed by atoms with E-state index in [2.05, 4.69) is 16.2 Å². The van der Waals surface area contributed by atoms with Gasteiger partial charge in [0.2, 0.25) is 0 Å². The molecule has 0 bridgehead atoms. The normalized spacial score (nSPS) is 9.53. The molecule has 1 rings (SSSR count). The van der Waals surface area contributed by atoms with Gasteiger partial charge in [0.1, 0.15) is 6.61 Å². The highest BCUT2D eigenvalue weighted by molar-refractivity contribution is 7.80. The van der Waals surface area contributed by atoms with Gasteiger partial charge in [0.05, 0.1) is 0 Å². The van der Waals surface area contributed by atoms with E-state index in [1.165, 1.54) is 0 Å². The predicted molar refractivity (Wildman–Crippen MR) is 74.3 cm³/mol. The maximum Gasteiger partial charge on any atom is 0.264 e. The first kappa shape index (κ1) is 15.1. The lowest BCUT2D eigenvalue weighted by Crippen LogP contribution is -2.49. The van der Waals surface area contributed by atoms with Crippen LogP contribution in [0.4, 0.5) is 0 Å². The number of nitrogens with one attached hydrogen (secondary N) is 3. The first-order valence-electron chi connectivity index (χ1n) is 5.66. The third-order valence-corrected chi connectivity index (χ3v) is 2.22. The lowest BCUT2D eigenvalue weighted by atomic mass is 10.2. The molecule has 0 saturated carbocycles. The molecular formula is C12H15N3O3S. The van der Waals surface area contributed by atoms with E-state index in [0.717, 1.165) is 0 Å². The van der Waals surface area contributed by atoms with E-state index < -0.39 is 0 Å². The predicted octanol–water partition coefficient (Wildman–Crippen LogP) is 0.359. The summed E-state index contributed by atoms with van der Waals surface area (Å²) in [6.45, 7) is 2.16. The number of ether oxygens (including phenoxy) is 1. The van der Waals surface area contributed by atoms with Gasteiger partial charge >= 0.3 is 0 Å². The molecule has 0 atom stereocenters. The summed E-state index contributed by atoms with van der Waals surface area (Å²) in [5.41, 5.74) is 5.20. The highest BCUT2D eigenvalue weighted by atomic mass is 32.1. The van der Waals surface area contributed by atoms with Gasteiger partial charge in [0.15, 0.2) is 5.11 Å². The number of hydrogen-bond acceptors (Lipinski definition) is 4. The fraction of sp³-hybridized carbons (Fsp3) is 0.250. The maximum atomic E-state index is 11.7. The van der Waals surface area contributed by atoms with Crippen molar-refractivity contribution in [2.45, 2.75) is 6.92 Å². The van der Waals surface area contributed by atoms with Crippen LogP contribution in [0.5, 0.6) is 0 Å². The molecule has 0 saturated heterocycles. The Morgan fingerprint density at radius 3 is 2.53 bits per heavy atom. The highest BCUT2D eigenvalue weighted by Crippen LogP contribution is 1.97. The van der Waals surface area contributed by atoms with E-state index in [0.29, 0.717) is 12.2 Å². The number of hydrogen-bond donors (Lipinski definition) is 3. The zero-order chi connectivity index (χ0) is 14.1. The third-order valence-electron chi connectivity index (χ3n) is 2.02. The molecule has 1 aromatic carbocycles. The van der Waals surface area contributed by atoms with Gasteiger partial charge in [-0.1, -0.05) is 18.2 Å². The maximum absolute atomic E-state index is 11.7. The van der Waals surface area contributed by atoms with Gasteiger partial charge in [-0.25, -0.2) is 0 Å². The Morgan fingerprint density at radius 1 is 1.21 bits per heavy atom. The molecule has 7 heteroatoms. The average molecular weight is 281 g/mol. The molecule has 0 heterocycles. The Morgan fingerprint density at radius 2 is 1.89 bits per heavy atom. The molecule has 2 amide bonds. The van der Waals surface area contributed by atoms with Crippen LogP contribution in [0.25, 0.3) is 0 Å². The molecule has 0 unspecified atom stereocenters. The lowest BCUT2D eigenvalue weighted by Gasteiger charge is -2.10. The Labute approximate surface area is 116 Å². The summed E-state index contributed by atoms with van der Waals surface area (Å²) in [5, 5.41) is 2.45. The summed E-state index contributed by atoms with van der Waals surface area (Å²) in [4.78, 5) is 22.9. The first-order chi connectivity index (χ1) is 9.13. The van der Waals surface area contributed by atoms with E-state index in [1.807, 2.05) is 0 Å². The SMILES string of the molecule is CCOCC(=O)NNC(=S)NC(=O)c1ccccc1. The summed E-state index contributed by atoms with van der Waals surface area (Å²) < 4.78 is 4.90. The van der Waals surface area contributed by atoms with E-state index in [4.69, 9.17) is 17.0 Å². The van der Waals surface area contributed by atoms with Crippen LogP contribution in [0, 0.1) is 0 Å². The monoisotopic (exact) mass is 281 g/mol. The zero-order valence-corrected chi connectivity index (χ0v) is 11.3. The molecule has 6 nitrogen and oxygen atoms in total. The van der Waals surface area contributed by atoms with Gasteiger partial charge in [-0.3, -0.25) is 25.8 Å². The van der Waals surface area contributed by atoms with Gasteiger partial charge in [-0.05, 0) is 31.3 Å². The number of benzene rings is 1. The van der Waals surface area contributed by atoms with Crippen molar-refractivity contribution in [3.8, 4) is 0 Å². The second kappa shape index (κ2) is 8.17. The van der Waals surface area contributed by atoms with E-state index >= 15 is 0 Å². The molecule has 0 aromatic heterocycles. The van der Waals surface area contributed by atoms with Crippen LogP contribution in [-0.2, 0) is 9.53 Å². The highest BCUT2D eigenvalue weighted by Gasteiger charge is 2.07. The van der Waals surface area contributed by atoms with Crippen molar-refractivity contribution in [1.29, 1.82) is 0 Å². The van der Waals surface area contributed by atoms with E-state index in [9.17, 15) is 9.59 Å². The van der Waals surface area contributed by atoms with Crippen LogP contribution < -0.4 is 16.2 Å². The summed E-state index contributed by atoms with van der Waals surface area (Å²) >= 11 is 4.86. The molecule has 0 aliphatic heterocycles. The standard InChI is InChI=1S/C12H15N3O3S/c1-2-18-8-10(16)14-15-12(19)13-11(17)9-6-4-3-5-7-9/h3-7H,2,8H2,1H3,(H,14,16)(H2,13,15,17,19). The summed E-state index contributed by atoms with van der Waals surface area (Å²) in [5.74, 6) is -0.727. The second-order valence-corrected chi connectivity index (χ2v) is 3.87. The van der Waals surface area contributed by atoms with Crippen LogP contribution in [0.3, 0.4) is 0 Å². The lowest BCUT2D eigenvalue weighted by molar-refractivity contribution is -0.126. The fourth-order valence-corrected chi connectivity index (χ4v) is 1.30. The molecule has 19 heavy (non-hydrogen) atoms. The average Bonchev–Trinajstić information content (AvgIpc) is 2.43. The summed E-state index contributed by atoms with van der Waals surface area (Å²) in [6.07, 6.45) is 0. The molecule has 0 radical (unpaired) electrons. The van der Waals surface area contributed by atoms with Gasteiger partial charge in [-0.15, -0.1) is 0 Å². The molecule has 0 aliphatic rings. The van der Waals surface area contributed by atoms with Gasteiger partial charge in [0.25, 0.3) is 11.8 Å². The van der Waals surface area contributed by atoms with Gasteiger partial charge in [0, 0.05) is 12.2 Å². The molecule has 1 aromatic rings. The molecular weight excluding hydrogens is 266 g/mol.